The van der Waals surface area contributed by atoms with E-state index in [0.717, 1.165) is 12.8 Å². The summed E-state index contributed by atoms with van der Waals surface area (Å²) in [5, 5.41) is 3.04. The van der Waals surface area contributed by atoms with Crippen LogP contribution < -0.4 is 5.32 Å². The minimum atomic E-state index is -0.0573. The van der Waals surface area contributed by atoms with Crippen molar-refractivity contribution in [3.05, 3.63) is 66.1 Å². The number of nitrogens with zero attached hydrogens (tertiary/aromatic N) is 1. The molecule has 1 aromatic carbocycles. The Kier molecular flexibility index (Phi) is 5.11. The molecule has 1 aromatic heterocycles. The van der Waals surface area contributed by atoms with E-state index >= 15 is 0 Å². The molecule has 2 heterocycles. The van der Waals surface area contributed by atoms with Crippen molar-refractivity contribution in [1.82, 2.24) is 10.2 Å². The SMILES string of the molecule is O=C(NC1CCN(C(=O)/C=C/c2ccco2)CC1)c1ccccc1. The Hall–Kier alpha value is -2.82. The van der Waals surface area contributed by atoms with Crippen LogP contribution in [0.4, 0.5) is 0 Å². The predicted molar refractivity (Wildman–Crippen MR) is 91.3 cm³/mol. The van der Waals surface area contributed by atoms with E-state index in [2.05, 4.69) is 5.32 Å². The summed E-state index contributed by atoms with van der Waals surface area (Å²) in [4.78, 5) is 26.1. The minimum Gasteiger partial charge on any atom is -0.465 e. The van der Waals surface area contributed by atoms with Crippen molar-refractivity contribution >= 4 is 17.9 Å². The third-order valence-corrected chi connectivity index (χ3v) is 4.11. The van der Waals surface area contributed by atoms with Gasteiger partial charge in [0.2, 0.25) is 5.91 Å². The fraction of sp³-hybridized carbons (Fsp3) is 0.263. The lowest BCUT2D eigenvalue weighted by atomic mass is 10.0. The van der Waals surface area contributed by atoms with Gasteiger partial charge in [-0.1, -0.05) is 18.2 Å². The molecule has 1 fully saturated rings. The highest BCUT2D eigenvalue weighted by Crippen LogP contribution is 2.13. The maximum absolute atomic E-state index is 12.2. The number of furan rings is 1. The maximum Gasteiger partial charge on any atom is 0.251 e. The fourth-order valence-corrected chi connectivity index (χ4v) is 2.75. The molecule has 24 heavy (non-hydrogen) atoms. The second kappa shape index (κ2) is 7.64. The van der Waals surface area contributed by atoms with Gasteiger partial charge in [0.15, 0.2) is 0 Å². The second-order valence-electron chi connectivity index (χ2n) is 5.79. The first-order chi connectivity index (χ1) is 11.7. The van der Waals surface area contributed by atoms with Crippen LogP contribution in [0.25, 0.3) is 6.08 Å². The first kappa shape index (κ1) is 16.1. The normalized spacial score (nSPS) is 15.6. The number of nitrogens with one attached hydrogen (secondary N) is 1. The van der Waals surface area contributed by atoms with Gasteiger partial charge in [0.25, 0.3) is 5.91 Å². The summed E-state index contributed by atoms with van der Waals surface area (Å²) in [5.41, 5.74) is 0.664. The zero-order valence-electron chi connectivity index (χ0n) is 13.4. The molecule has 0 bridgehead atoms. The van der Waals surface area contributed by atoms with E-state index in [0.29, 0.717) is 24.4 Å². The number of hydrogen-bond acceptors (Lipinski definition) is 3. The largest absolute Gasteiger partial charge is 0.465 e. The summed E-state index contributed by atoms with van der Waals surface area (Å²) in [6.07, 6.45) is 6.30. The van der Waals surface area contributed by atoms with Gasteiger partial charge in [0.1, 0.15) is 5.76 Å². The van der Waals surface area contributed by atoms with E-state index in [1.165, 1.54) is 6.08 Å². The Balaban J connectivity index is 1.47. The molecule has 2 amide bonds. The number of carbonyl (C=O) groups is 2. The van der Waals surface area contributed by atoms with Gasteiger partial charge >= 0.3 is 0 Å². The highest BCUT2D eigenvalue weighted by Gasteiger charge is 2.23. The molecule has 0 aliphatic carbocycles. The molecule has 1 aliphatic rings. The molecule has 5 heteroatoms. The van der Waals surface area contributed by atoms with Crippen LogP contribution >= 0.6 is 0 Å². The van der Waals surface area contributed by atoms with Gasteiger partial charge in [-0.05, 0) is 43.2 Å². The fourth-order valence-electron chi connectivity index (χ4n) is 2.75. The van der Waals surface area contributed by atoms with E-state index in [1.807, 2.05) is 18.2 Å². The smallest absolute Gasteiger partial charge is 0.251 e. The molecule has 0 radical (unpaired) electrons. The number of rotatable bonds is 4. The van der Waals surface area contributed by atoms with E-state index < -0.39 is 0 Å². The number of amides is 2. The van der Waals surface area contributed by atoms with E-state index in [1.54, 1.807) is 41.5 Å². The summed E-state index contributed by atoms with van der Waals surface area (Å²) in [7, 11) is 0. The molecule has 3 rings (SSSR count). The van der Waals surface area contributed by atoms with Gasteiger partial charge in [-0.25, -0.2) is 0 Å². The van der Waals surface area contributed by atoms with E-state index in [4.69, 9.17) is 4.42 Å². The van der Waals surface area contributed by atoms with Crippen molar-refractivity contribution in [3.8, 4) is 0 Å². The van der Waals surface area contributed by atoms with Gasteiger partial charge < -0.3 is 14.6 Å². The average molecular weight is 324 g/mol. The molecule has 0 spiro atoms. The number of hydrogen-bond donors (Lipinski definition) is 1. The van der Waals surface area contributed by atoms with Gasteiger partial charge in [0, 0.05) is 30.8 Å². The van der Waals surface area contributed by atoms with Crippen LogP contribution in [-0.4, -0.2) is 35.8 Å². The highest BCUT2D eigenvalue weighted by molar-refractivity contribution is 5.94. The number of carbonyl (C=O) groups excluding carboxylic acids is 2. The van der Waals surface area contributed by atoms with Crippen molar-refractivity contribution < 1.29 is 14.0 Å². The molecular formula is C19H20N2O3. The monoisotopic (exact) mass is 324 g/mol. The van der Waals surface area contributed by atoms with Gasteiger partial charge in [-0.15, -0.1) is 0 Å². The van der Waals surface area contributed by atoms with Crippen LogP contribution in [0.2, 0.25) is 0 Å². The Bertz CT molecular complexity index is 699. The standard InChI is InChI=1S/C19H20N2O3/c22-18(9-8-17-7-4-14-24-17)21-12-10-16(11-13-21)20-19(23)15-5-2-1-3-6-15/h1-9,14,16H,10-13H2,(H,20,23)/b9-8+. The van der Waals surface area contributed by atoms with Gasteiger partial charge in [-0.2, -0.15) is 0 Å². The molecule has 2 aromatic rings. The summed E-state index contributed by atoms with van der Waals surface area (Å²) in [6.45, 7) is 1.28. The van der Waals surface area contributed by atoms with Crippen molar-refractivity contribution in [2.75, 3.05) is 13.1 Å². The molecule has 0 atom stereocenters. The average Bonchev–Trinajstić information content (AvgIpc) is 3.14. The first-order valence-corrected chi connectivity index (χ1v) is 8.09. The van der Waals surface area contributed by atoms with Crippen molar-refractivity contribution in [2.45, 2.75) is 18.9 Å². The third kappa shape index (κ3) is 4.13. The number of benzene rings is 1. The lowest BCUT2D eigenvalue weighted by Crippen LogP contribution is -2.46. The second-order valence-corrected chi connectivity index (χ2v) is 5.79. The molecule has 5 nitrogen and oxygen atoms in total. The van der Waals surface area contributed by atoms with Crippen molar-refractivity contribution in [1.29, 1.82) is 0 Å². The summed E-state index contributed by atoms with van der Waals surface area (Å²) in [5.74, 6) is 0.575. The third-order valence-electron chi connectivity index (χ3n) is 4.11. The van der Waals surface area contributed by atoms with Crippen LogP contribution in [0.3, 0.4) is 0 Å². The Morgan fingerprint density at radius 3 is 2.50 bits per heavy atom. The van der Waals surface area contributed by atoms with Crippen LogP contribution in [0.5, 0.6) is 0 Å². The first-order valence-electron chi connectivity index (χ1n) is 8.09. The van der Waals surface area contributed by atoms with E-state index in [-0.39, 0.29) is 17.9 Å². The molecule has 1 aliphatic heterocycles. The number of piperidine rings is 1. The summed E-state index contributed by atoms with van der Waals surface area (Å²) < 4.78 is 5.17. The summed E-state index contributed by atoms with van der Waals surface area (Å²) in [6, 6.07) is 12.9. The topological polar surface area (TPSA) is 62.6 Å². The highest BCUT2D eigenvalue weighted by atomic mass is 16.3. The predicted octanol–water partition coefficient (Wildman–Crippen LogP) is 2.71. The van der Waals surface area contributed by atoms with Crippen LogP contribution in [0, 0.1) is 0 Å². The zero-order chi connectivity index (χ0) is 16.8. The molecule has 124 valence electrons. The Morgan fingerprint density at radius 2 is 1.83 bits per heavy atom. The van der Waals surface area contributed by atoms with Crippen LogP contribution in [0.1, 0.15) is 29.0 Å². The van der Waals surface area contributed by atoms with E-state index in [9.17, 15) is 9.59 Å². The number of likely N-dealkylation sites (tertiary alicyclic amines) is 1. The minimum absolute atomic E-state index is 0.0285. The Labute approximate surface area is 141 Å². The molecule has 0 unspecified atom stereocenters. The van der Waals surface area contributed by atoms with Crippen molar-refractivity contribution in [2.24, 2.45) is 0 Å². The summed E-state index contributed by atoms with van der Waals surface area (Å²) >= 11 is 0. The maximum atomic E-state index is 12.2. The van der Waals surface area contributed by atoms with Crippen LogP contribution in [0.15, 0.2) is 59.2 Å². The van der Waals surface area contributed by atoms with Gasteiger partial charge in [-0.3, -0.25) is 9.59 Å². The van der Waals surface area contributed by atoms with Crippen molar-refractivity contribution in [3.63, 3.8) is 0 Å². The zero-order valence-corrected chi connectivity index (χ0v) is 13.4. The molecular weight excluding hydrogens is 304 g/mol. The Morgan fingerprint density at radius 1 is 1.08 bits per heavy atom. The lowest BCUT2D eigenvalue weighted by Gasteiger charge is -2.31. The van der Waals surface area contributed by atoms with Gasteiger partial charge in [0.05, 0.1) is 6.26 Å². The molecule has 0 saturated carbocycles. The molecule has 1 N–H and O–H groups in total. The molecule has 1 saturated heterocycles. The van der Waals surface area contributed by atoms with Crippen LogP contribution in [-0.2, 0) is 4.79 Å². The lowest BCUT2D eigenvalue weighted by molar-refractivity contribution is -0.127. The quantitative estimate of drug-likeness (QED) is 0.880.